The number of rotatable bonds is 8. The summed E-state index contributed by atoms with van der Waals surface area (Å²) >= 11 is 0. The van der Waals surface area contributed by atoms with E-state index in [4.69, 9.17) is 0 Å². The van der Waals surface area contributed by atoms with Crippen molar-refractivity contribution in [2.45, 2.75) is 24.7 Å². The molecule has 0 spiro atoms. The highest BCUT2D eigenvalue weighted by Gasteiger charge is 2.27. The molecule has 1 aromatic heterocycles. The summed E-state index contributed by atoms with van der Waals surface area (Å²) in [7, 11) is -1.91. The zero-order chi connectivity index (χ0) is 22.4. The van der Waals surface area contributed by atoms with Crippen LogP contribution in [-0.4, -0.2) is 67.6 Å². The summed E-state index contributed by atoms with van der Waals surface area (Å²) < 4.78 is 26.9. The molecule has 0 unspecified atom stereocenters. The molecule has 3 rings (SSSR count). The predicted molar refractivity (Wildman–Crippen MR) is 118 cm³/mol. The molecule has 0 saturated carbocycles. The van der Waals surface area contributed by atoms with Gasteiger partial charge in [-0.25, -0.2) is 13.4 Å². The first kappa shape index (κ1) is 22.9. The van der Waals surface area contributed by atoms with Gasteiger partial charge in [0, 0.05) is 25.0 Å². The van der Waals surface area contributed by atoms with Gasteiger partial charge >= 0.3 is 0 Å². The van der Waals surface area contributed by atoms with Crippen LogP contribution in [0.25, 0.3) is 0 Å². The molecule has 1 aromatic carbocycles. The third-order valence-corrected chi connectivity index (χ3v) is 6.73. The number of hydrogen-bond donors (Lipinski definition) is 2. The van der Waals surface area contributed by atoms with E-state index in [-0.39, 0.29) is 29.8 Å². The quantitative estimate of drug-likeness (QED) is 0.640. The number of nitrogens with zero attached hydrogens (tertiary/aromatic N) is 3. The number of aryl methyl sites for hydroxylation is 1. The number of sulfonamides is 1. The van der Waals surface area contributed by atoms with E-state index in [0.29, 0.717) is 24.6 Å². The van der Waals surface area contributed by atoms with Gasteiger partial charge in [0.05, 0.1) is 18.0 Å². The summed E-state index contributed by atoms with van der Waals surface area (Å²) in [5, 5.41) is 5.39. The Morgan fingerprint density at radius 2 is 1.74 bits per heavy atom. The van der Waals surface area contributed by atoms with Gasteiger partial charge < -0.3 is 10.6 Å². The summed E-state index contributed by atoms with van der Waals surface area (Å²) in [6.45, 7) is 2.91. The molecule has 0 radical (unpaired) electrons. The Labute approximate surface area is 182 Å². The fourth-order valence-corrected chi connectivity index (χ4v) is 4.91. The average molecular weight is 446 g/mol. The Balaban J connectivity index is 1.53. The molecule has 0 atom stereocenters. The number of nitrogens with one attached hydrogen (secondary N) is 2. The first-order chi connectivity index (χ1) is 14.7. The zero-order valence-electron chi connectivity index (χ0n) is 17.7. The topological polar surface area (TPSA) is 112 Å². The summed E-state index contributed by atoms with van der Waals surface area (Å²) in [5.41, 5.74) is 1.37. The molecule has 1 aliphatic heterocycles. The number of likely N-dealkylation sites (N-methyl/N-ethyl adjacent to an activating group) is 1. The fourth-order valence-electron chi connectivity index (χ4n) is 3.35. The van der Waals surface area contributed by atoms with Crippen LogP contribution in [-0.2, 0) is 19.6 Å². The van der Waals surface area contributed by atoms with Crippen molar-refractivity contribution in [3.63, 3.8) is 0 Å². The molecule has 10 heteroatoms. The van der Waals surface area contributed by atoms with Gasteiger partial charge in [0.25, 0.3) is 0 Å². The molecule has 2 amide bonds. The number of carbonyl (C=O) groups excluding carboxylic acids is 2. The normalized spacial score (nSPS) is 14.5. The highest BCUT2D eigenvalue weighted by atomic mass is 32.2. The predicted octanol–water partition coefficient (Wildman–Crippen LogP) is 1.68. The molecule has 0 bridgehead atoms. The standard InChI is InChI=1S/C21H27N5O4S/c1-16-8-9-22-19(12-16)24-21(28)15-25(2)14-20(27)23-17-6-5-7-18(13-17)31(29,30)26-10-3-4-11-26/h5-9,12-13H,3-4,10-11,14-15H2,1-2H3,(H,23,27)(H,22,24,28). The molecule has 0 aliphatic carbocycles. The van der Waals surface area contributed by atoms with Crippen molar-refractivity contribution in [1.82, 2.24) is 14.2 Å². The molecule has 2 aromatic rings. The molecule has 2 heterocycles. The Morgan fingerprint density at radius 1 is 1.06 bits per heavy atom. The second kappa shape index (κ2) is 9.99. The van der Waals surface area contributed by atoms with Gasteiger partial charge in [0.2, 0.25) is 21.8 Å². The lowest BCUT2D eigenvalue weighted by molar-refractivity contribution is -0.119. The van der Waals surface area contributed by atoms with Crippen LogP contribution in [0.3, 0.4) is 0 Å². The number of hydrogen-bond acceptors (Lipinski definition) is 6. The van der Waals surface area contributed by atoms with E-state index in [2.05, 4.69) is 15.6 Å². The van der Waals surface area contributed by atoms with Crippen molar-refractivity contribution in [1.29, 1.82) is 0 Å². The lowest BCUT2D eigenvalue weighted by Crippen LogP contribution is -2.36. The largest absolute Gasteiger partial charge is 0.325 e. The number of benzene rings is 1. The smallest absolute Gasteiger partial charge is 0.243 e. The van der Waals surface area contributed by atoms with E-state index in [0.717, 1.165) is 18.4 Å². The Kier molecular flexibility index (Phi) is 7.37. The molecule has 1 saturated heterocycles. The molecule has 166 valence electrons. The highest BCUT2D eigenvalue weighted by Crippen LogP contribution is 2.23. The van der Waals surface area contributed by atoms with E-state index in [9.17, 15) is 18.0 Å². The van der Waals surface area contributed by atoms with E-state index in [1.165, 1.54) is 16.4 Å². The number of anilines is 2. The number of carbonyl (C=O) groups is 2. The molecule has 9 nitrogen and oxygen atoms in total. The van der Waals surface area contributed by atoms with Crippen LogP contribution in [0, 0.1) is 6.92 Å². The highest BCUT2D eigenvalue weighted by molar-refractivity contribution is 7.89. The maximum Gasteiger partial charge on any atom is 0.243 e. The van der Waals surface area contributed by atoms with Gasteiger partial charge in [-0.15, -0.1) is 0 Å². The van der Waals surface area contributed by atoms with Gasteiger partial charge in [-0.05, 0) is 62.7 Å². The van der Waals surface area contributed by atoms with Crippen molar-refractivity contribution >= 4 is 33.3 Å². The van der Waals surface area contributed by atoms with Gasteiger partial charge in [-0.3, -0.25) is 14.5 Å². The van der Waals surface area contributed by atoms with Crippen LogP contribution >= 0.6 is 0 Å². The SMILES string of the molecule is Cc1ccnc(NC(=O)CN(C)CC(=O)Nc2cccc(S(=O)(=O)N3CCCC3)c2)c1. The molecular weight excluding hydrogens is 418 g/mol. The van der Waals surface area contributed by atoms with Crippen LogP contribution in [0.15, 0.2) is 47.5 Å². The maximum absolute atomic E-state index is 12.7. The number of pyridine rings is 1. The second-order valence-electron chi connectivity index (χ2n) is 7.63. The molecule has 2 N–H and O–H groups in total. The van der Waals surface area contributed by atoms with Crippen molar-refractivity contribution in [2.75, 3.05) is 43.9 Å². The van der Waals surface area contributed by atoms with E-state index in [1.54, 1.807) is 36.3 Å². The number of amides is 2. The summed E-state index contributed by atoms with van der Waals surface area (Å²) in [6, 6.07) is 9.81. The average Bonchev–Trinajstić information content (AvgIpc) is 3.23. The lowest BCUT2D eigenvalue weighted by Gasteiger charge is -2.17. The first-order valence-corrected chi connectivity index (χ1v) is 11.5. The Hall–Kier alpha value is -2.82. The van der Waals surface area contributed by atoms with Crippen molar-refractivity contribution in [3.8, 4) is 0 Å². The summed E-state index contributed by atoms with van der Waals surface area (Å²) in [4.78, 5) is 30.3. The molecule has 31 heavy (non-hydrogen) atoms. The van der Waals surface area contributed by atoms with E-state index >= 15 is 0 Å². The van der Waals surface area contributed by atoms with Crippen LogP contribution in [0.5, 0.6) is 0 Å². The Morgan fingerprint density at radius 3 is 2.42 bits per heavy atom. The fraction of sp³-hybridized carbons (Fsp3) is 0.381. The van der Waals surface area contributed by atoms with Crippen LogP contribution in [0.4, 0.5) is 11.5 Å². The molecule has 1 aliphatic rings. The third kappa shape index (κ3) is 6.33. The van der Waals surface area contributed by atoms with Crippen molar-refractivity contribution in [2.24, 2.45) is 0 Å². The monoisotopic (exact) mass is 445 g/mol. The van der Waals surface area contributed by atoms with Gasteiger partial charge in [0.1, 0.15) is 5.82 Å². The van der Waals surface area contributed by atoms with Gasteiger partial charge in [-0.1, -0.05) is 6.07 Å². The second-order valence-corrected chi connectivity index (χ2v) is 9.56. The minimum Gasteiger partial charge on any atom is -0.325 e. The minimum absolute atomic E-state index is 0.00637. The van der Waals surface area contributed by atoms with Gasteiger partial charge in [-0.2, -0.15) is 4.31 Å². The minimum atomic E-state index is -3.56. The van der Waals surface area contributed by atoms with Crippen LogP contribution < -0.4 is 10.6 Å². The summed E-state index contributed by atoms with van der Waals surface area (Å²) in [5.74, 6) is -0.175. The van der Waals surface area contributed by atoms with E-state index in [1.807, 2.05) is 13.0 Å². The Bertz CT molecular complexity index is 1050. The van der Waals surface area contributed by atoms with Crippen LogP contribution in [0.2, 0.25) is 0 Å². The number of aromatic nitrogens is 1. The molecule has 1 fully saturated rings. The maximum atomic E-state index is 12.7. The van der Waals surface area contributed by atoms with Crippen LogP contribution in [0.1, 0.15) is 18.4 Å². The first-order valence-electron chi connectivity index (χ1n) is 10.1. The molecular formula is C21H27N5O4S. The van der Waals surface area contributed by atoms with Gasteiger partial charge in [0.15, 0.2) is 0 Å². The summed E-state index contributed by atoms with van der Waals surface area (Å²) in [6.07, 6.45) is 3.32. The zero-order valence-corrected chi connectivity index (χ0v) is 18.5. The van der Waals surface area contributed by atoms with Crippen molar-refractivity contribution < 1.29 is 18.0 Å². The van der Waals surface area contributed by atoms with Crippen molar-refractivity contribution in [3.05, 3.63) is 48.2 Å². The third-order valence-electron chi connectivity index (χ3n) is 4.83. The van der Waals surface area contributed by atoms with E-state index < -0.39 is 10.0 Å². The lowest BCUT2D eigenvalue weighted by atomic mass is 10.3.